The van der Waals surface area contributed by atoms with Crippen molar-refractivity contribution >= 4 is 17.5 Å². The van der Waals surface area contributed by atoms with Gasteiger partial charge in [-0.15, -0.1) is 0 Å². The molecule has 0 saturated carbocycles. The van der Waals surface area contributed by atoms with Crippen LogP contribution in [0.15, 0.2) is 47.6 Å². The zero-order valence-electron chi connectivity index (χ0n) is 18.3. The Morgan fingerprint density at radius 2 is 1.65 bits per heavy atom. The van der Waals surface area contributed by atoms with Gasteiger partial charge in [0.1, 0.15) is 11.6 Å². The number of anilines is 2. The minimum atomic E-state index is -0.207. The minimum absolute atomic E-state index is 0.207. The van der Waals surface area contributed by atoms with Gasteiger partial charge < -0.3 is 25.3 Å². The number of likely N-dealkylation sites (N-methyl/N-ethyl adjacent to an activating group) is 1. The van der Waals surface area contributed by atoms with E-state index in [0.29, 0.717) is 12.5 Å². The molecule has 31 heavy (non-hydrogen) atoms. The Kier molecular flexibility index (Phi) is 6.86. The molecule has 166 valence electrons. The van der Waals surface area contributed by atoms with Crippen LogP contribution < -0.4 is 15.5 Å². The first-order chi connectivity index (χ1) is 15.1. The average Bonchev–Trinajstić information content (AvgIpc) is 2.83. The fourth-order valence-corrected chi connectivity index (χ4v) is 4.14. The second-order valence-corrected chi connectivity index (χ2v) is 8.07. The van der Waals surface area contributed by atoms with Crippen LogP contribution in [0, 0.1) is 5.82 Å². The van der Waals surface area contributed by atoms with Crippen LogP contribution >= 0.6 is 0 Å². The molecule has 2 saturated heterocycles. The van der Waals surface area contributed by atoms with Crippen LogP contribution in [0.3, 0.4) is 0 Å². The van der Waals surface area contributed by atoms with Gasteiger partial charge in [-0.1, -0.05) is 6.92 Å². The number of guanidine groups is 1. The second kappa shape index (κ2) is 9.96. The summed E-state index contributed by atoms with van der Waals surface area (Å²) in [6.07, 6.45) is 1.87. The first-order valence-corrected chi connectivity index (χ1v) is 11.1. The predicted octanol–water partition coefficient (Wildman–Crippen LogP) is 2.00. The Labute approximate surface area is 184 Å². The van der Waals surface area contributed by atoms with Gasteiger partial charge in [-0.25, -0.2) is 14.4 Å². The number of nitrogens with zero attached hydrogens (tertiary/aromatic N) is 6. The molecule has 2 fully saturated rings. The maximum Gasteiger partial charge on any atom is 0.191 e. The highest BCUT2D eigenvalue weighted by atomic mass is 19.1. The summed E-state index contributed by atoms with van der Waals surface area (Å²) >= 11 is 0. The molecule has 0 aliphatic carbocycles. The van der Waals surface area contributed by atoms with Crippen LogP contribution in [-0.4, -0.2) is 79.6 Å². The quantitative estimate of drug-likeness (QED) is 0.584. The Bertz CT molecular complexity index is 870. The topological polar surface area (TPSA) is 64.2 Å². The van der Waals surface area contributed by atoms with Gasteiger partial charge in [0, 0.05) is 64.2 Å². The monoisotopic (exact) mass is 425 g/mol. The number of pyridine rings is 1. The summed E-state index contributed by atoms with van der Waals surface area (Å²) in [6, 6.07) is 10.8. The van der Waals surface area contributed by atoms with Gasteiger partial charge in [-0.05, 0) is 48.5 Å². The lowest BCUT2D eigenvalue weighted by atomic mass is 10.2. The SMILES string of the molecule is CCN1CCN(c2cc(CN=C(N)N3CCN(c4ccc(F)cc4)CC3)ccn2)CC1. The lowest BCUT2D eigenvalue weighted by Gasteiger charge is -2.36. The number of hydrogen-bond donors (Lipinski definition) is 1. The van der Waals surface area contributed by atoms with E-state index in [0.717, 1.165) is 76.0 Å². The number of aromatic nitrogens is 1. The van der Waals surface area contributed by atoms with Crippen molar-refractivity contribution in [3.63, 3.8) is 0 Å². The highest BCUT2D eigenvalue weighted by molar-refractivity contribution is 5.78. The van der Waals surface area contributed by atoms with Crippen molar-refractivity contribution in [1.29, 1.82) is 0 Å². The first-order valence-electron chi connectivity index (χ1n) is 11.1. The van der Waals surface area contributed by atoms with E-state index in [-0.39, 0.29) is 5.82 Å². The normalized spacial score (nSPS) is 18.5. The van der Waals surface area contributed by atoms with Gasteiger partial charge in [0.25, 0.3) is 0 Å². The molecule has 7 nitrogen and oxygen atoms in total. The Morgan fingerprint density at radius 1 is 0.968 bits per heavy atom. The van der Waals surface area contributed by atoms with E-state index in [1.165, 1.54) is 12.1 Å². The van der Waals surface area contributed by atoms with Gasteiger partial charge in [0.2, 0.25) is 0 Å². The lowest BCUT2D eigenvalue weighted by molar-refractivity contribution is 0.270. The first kappa shape index (κ1) is 21.4. The lowest BCUT2D eigenvalue weighted by Crippen LogP contribution is -2.51. The molecule has 2 N–H and O–H groups in total. The van der Waals surface area contributed by atoms with Crippen molar-refractivity contribution in [2.45, 2.75) is 13.5 Å². The van der Waals surface area contributed by atoms with Crippen LogP contribution in [0.25, 0.3) is 0 Å². The van der Waals surface area contributed by atoms with E-state index in [1.807, 2.05) is 24.4 Å². The molecule has 8 heteroatoms. The zero-order valence-corrected chi connectivity index (χ0v) is 18.3. The van der Waals surface area contributed by atoms with Crippen molar-refractivity contribution < 1.29 is 4.39 Å². The summed E-state index contributed by atoms with van der Waals surface area (Å²) in [5.41, 5.74) is 8.45. The Hall–Kier alpha value is -2.87. The molecule has 2 aromatic rings. The van der Waals surface area contributed by atoms with E-state index in [9.17, 15) is 4.39 Å². The summed E-state index contributed by atoms with van der Waals surface area (Å²) in [5.74, 6) is 1.39. The van der Waals surface area contributed by atoms with E-state index in [1.54, 1.807) is 0 Å². The maximum atomic E-state index is 13.1. The number of rotatable bonds is 5. The highest BCUT2D eigenvalue weighted by Crippen LogP contribution is 2.18. The summed E-state index contributed by atoms with van der Waals surface area (Å²) in [5, 5.41) is 0. The highest BCUT2D eigenvalue weighted by Gasteiger charge is 2.19. The van der Waals surface area contributed by atoms with E-state index in [4.69, 9.17) is 5.73 Å². The van der Waals surface area contributed by atoms with E-state index < -0.39 is 0 Å². The molecule has 0 unspecified atom stereocenters. The summed E-state index contributed by atoms with van der Waals surface area (Å²) in [4.78, 5) is 18.4. The zero-order chi connectivity index (χ0) is 21.6. The fraction of sp³-hybridized carbons (Fsp3) is 0.478. The molecule has 0 radical (unpaired) electrons. The number of aliphatic imine (C=N–C) groups is 1. The third-order valence-corrected chi connectivity index (χ3v) is 6.17. The predicted molar refractivity (Wildman–Crippen MR) is 124 cm³/mol. The minimum Gasteiger partial charge on any atom is -0.370 e. The fourth-order valence-electron chi connectivity index (χ4n) is 4.14. The molecular weight excluding hydrogens is 393 g/mol. The van der Waals surface area contributed by atoms with Crippen molar-refractivity contribution in [2.24, 2.45) is 10.7 Å². The molecule has 4 rings (SSSR count). The molecule has 0 amide bonds. The molecular formula is C23H32FN7. The van der Waals surface area contributed by atoms with Gasteiger partial charge in [0.05, 0.1) is 6.54 Å². The van der Waals surface area contributed by atoms with Crippen LogP contribution in [-0.2, 0) is 6.54 Å². The molecule has 0 bridgehead atoms. The largest absolute Gasteiger partial charge is 0.370 e. The number of piperazine rings is 2. The third kappa shape index (κ3) is 5.44. The molecule has 3 heterocycles. The molecule has 1 aromatic carbocycles. The summed E-state index contributed by atoms with van der Waals surface area (Å²) in [7, 11) is 0. The average molecular weight is 426 g/mol. The van der Waals surface area contributed by atoms with E-state index in [2.05, 4.69) is 42.6 Å². The molecule has 2 aliphatic heterocycles. The second-order valence-electron chi connectivity index (χ2n) is 8.07. The van der Waals surface area contributed by atoms with Crippen molar-refractivity contribution in [2.75, 3.05) is 68.7 Å². The van der Waals surface area contributed by atoms with E-state index >= 15 is 0 Å². The van der Waals surface area contributed by atoms with Crippen LogP contribution in [0.1, 0.15) is 12.5 Å². The molecule has 0 atom stereocenters. The number of hydrogen-bond acceptors (Lipinski definition) is 5. The van der Waals surface area contributed by atoms with Gasteiger partial charge >= 0.3 is 0 Å². The van der Waals surface area contributed by atoms with Gasteiger partial charge in [-0.2, -0.15) is 0 Å². The number of halogens is 1. The van der Waals surface area contributed by atoms with Crippen LogP contribution in [0.2, 0.25) is 0 Å². The maximum absolute atomic E-state index is 13.1. The van der Waals surface area contributed by atoms with Crippen molar-refractivity contribution in [3.05, 3.63) is 54.0 Å². The third-order valence-electron chi connectivity index (χ3n) is 6.17. The van der Waals surface area contributed by atoms with Gasteiger partial charge in [-0.3, -0.25) is 0 Å². The molecule has 0 spiro atoms. The van der Waals surface area contributed by atoms with Crippen molar-refractivity contribution in [1.82, 2.24) is 14.8 Å². The smallest absolute Gasteiger partial charge is 0.191 e. The number of benzene rings is 1. The van der Waals surface area contributed by atoms with Gasteiger partial charge in [0.15, 0.2) is 5.96 Å². The Balaban J connectivity index is 1.30. The summed E-state index contributed by atoms with van der Waals surface area (Å²) in [6.45, 7) is 11.3. The standard InChI is InChI=1S/C23H32FN7/c1-2-28-9-11-30(12-10-28)22-17-19(7-8-26-22)18-27-23(25)31-15-13-29(14-16-31)21-5-3-20(24)4-6-21/h3-8,17H,2,9-16,18H2,1H3,(H2,25,27). The Morgan fingerprint density at radius 3 is 2.32 bits per heavy atom. The van der Waals surface area contributed by atoms with Crippen LogP contribution in [0.5, 0.6) is 0 Å². The molecule has 2 aliphatic rings. The summed E-state index contributed by atoms with van der Waals surface area (Å²) < 4.78 is 13.1. The van der Waals surface area contributed by atoms with Crippen LogP contribution in [0.4, 0.5) is 15.9 Å². The molecule has 1 aromatic heterocycles. The number of nitrogens with two attached hydrogens (primary N) is 1. The van der Waals surface area contributed by atoms with Crippen molar-refractivity contribution in [3.8, 4) is 0 Å².